The largest absolute Gasteiger partial charge is 0.312 e. The number of amides is 1. The van der Waals surface area contributed by atoms with Crippen LogP contribution >= 0.6 is 34.5 Å². The first-order valence-corrected chi connectivity index (χ1v) is 10.1. The van der Waals surface area contributed by atoms with Crippen LogP contribution in [0.15, 0.2) is 18.2 Å². The van der Waals surface area contributed by atoms with Crippen molar-refractivity contribution in [3.63, 3.8) is 0 Å². The molecule has 0 fully saturated rings. The van der Waals surface area contributed by atoms with Crippen LogP contribution < -0.4 is 5.32 Å². The molecule has 6 heteroatoms. The van der Waals surface area contributed by atoms with Gasteiger partial charge in [-0.1, -0.05) is 44.0 Å². The van der Waals surface area contributed by atoms with Gasteiger partial charge in [0, 0.05) is 9.90 Å². The quantitative estimate of drug-likeness (QED) is 0.632. The van der Waals surface area contributed by atoms with Gasteiger partial charge < -0.3 is 5.32 Å². The molecule has 0 unspecified atom stereocenters. The van der Waals surface area contributed by atoms with Crippen molar-refractivity contribution in [1.82, 2.24) is 0 Å². The third-order valence-electron chi connectivity index (χ3n) is 5.00. The predicted octanol–water partition coefficient (Wildman–Crippen LogP) is 6.33. The Morgan fingerprint density at radius 2 is 2.08 bits per heavy atom. The standard InChI is InChI=1S/C20H20Cl2N2OS/c1-20(2,3)11-4-6-13-15(10-23)19(26-17(13)8-11)24-18(25)14-9-12(21)5-7-16(14)22/h5,7,9,11H,4,6,8H2,1-3H3,(H,24,25)/t11-/m1/s1. The summed E-state index contributed by atoms with van der Waals surface area (Å²) in [5, 5.41) is 13.9. The SMILES string of the molecule is CC(C)(C)[C@@H]1CCc2c(sc(NC(=O)c3cc(Cl)ccc3Cl)c2C#N)C1. The first-order chi connectivity index (χ1) is 12.2. The fourth-order valence-corrected chi connectivity index (χ4v) is 5.02. The molecular formula is C20H20Cl2N2OS. The van der Waals surface area contributed by atoms with Crippen LogP contribution in [0.5, 0.6) is 0 Å². The molecule has 136 valence electrons. The van der Waals surface area contributed by atoms with Crippen LogP contribution in [0.4, 0.5) is 5.00 Å². The lowest BCUT2D eigenvalue weighted by atomic mass is 9.72. The summed E-state index contributed by atoms with van der Waals surface area (Å²) in [6.07, 6.45) is 2.89. The number of halogens is 2. The molecule has 0 saturated heterocycles. The molecule has 1 aromatic carbocycles. The van der Waals surface area contributed by atoms with Gasteiger partial charge in [-0.3, -0.25) is 4.79 Å². The predicted molar refractivity (Wildman–Crippen MR) is 108 cm³/mol. The summed E-state index contributed by atoms with van der Waals surface area (Å²) in [5.41, 5.74) is 2.21. The zero-order chi connectivity index (χ0) is 19.1. The summed E-state index contributed by atoms with van der Waals surface area (Å²) in [6, 6.07) is 7.04. The van der Waals surface area contributed by atoms with Crippen LogP contribution in [-0.2, 0) is 12.8 Å². The van der Waals surface area contributed by atoms with E-state index in [-0.39, 0.29) is 11.3 Å². The highest BCUT2D eigenvalue weighted by Gasteiger charge is 2.32. The van der Waals surface area contributed by atoms with E-state index in [1.165, 1.54) is 22.3 Å². The van der Waals surface area contributed by atoms with E-state index in [2.05, 4.69) is 32.2 Å². The molecule has 0 bridgehead atoms. The topological polar surface area (TPSA) is 52.9 Å². The van der Waals surface area contributed by atoms with E-state index in [0.29, 0.717) is 32.1 Å². The molecule has 1 amide bonds. The number of carbonyl (C=O) groups is 1. The smallest absolute Gasteiger partial charge is 0.257 e. The van der Waals surface area contributed by atoms with Crippen molar-refractivity contribution < 1.29 is 4.79 Å². The van der Waals surface area contributed by atoms with Crippen molar-refractivity contribution >= 4 is 45.4 Å². The van der Waals surface area contributed by atoms with Crippen molar-refractivity contribution in [2.24, 2.45) is 11.3 Å². The maximum Gasteiger partial charge on any atom is 0.257 e. The molecule has 0 spiro atoms. The van der Waals surface area contributed by atoms with E-state index in [4.69, 9.17) is 23.2 Å². The zero-order valence-corrected chi connectivity index (χ0v) is 17.3. The Kier molecular flexibility index (Phi) is 5.35. The van der Waals surface area contributed by atoms with Gasteiger partial charge in [-0.05, 0) is 54.4 Å². The maximum atomic E-state index is 12.6. The highest BCUT2D eigenvalue weighted by molar-refractivity contribution is 7.16. The van der Waals surface area contributed by atoms with Crippen molar-refractivity contribution in [2.75, 3.05) is 5.32 Å². The van der Waals surface area contributed by atoms with Crippen molar-refractivity contribution in [3.05, 3.63) is 49.8 Å². The van der Waals surface area contributed by atoms with Crippen molar-refractivity contribution in [1.29, 1.82) is 5.26 Å². The van der Waals surface area contributed by atoms with Crippen LogP contribution in [0.25, 0.3) is 0 Å². The van der Waals surface area contributed by atoms with E-state index in [9.17, 15) is 10.1 Å². The second-order valence-corrected chi connectivity index (χ2v) is 9.65. The summed E-state index contributed by atoms with van der Waals surface area (Å²) in [7, 11) is 0. The van der Waals surface area contributed by atoms with Crippen LogP contribution in [0.2, 0.25) is 10.0 Å². The fourth-order valence-electron chi connectivity index (χ4n) is 3.37. The second-order valence-electron chi connectivity index (χ2n) is 7.70. The Morgan fingerprint density at radius 1 is 1.35 bits per heavy atom. The van der Waals surface area contributed by atoms with Gasteiger partial charge in [-0.25, -0.2) is 0 Å². The average molecular weight is 407 g/mol. The number of nitrogens with one attached hydrogen (secondary N) is 1. The molecule has 1 aliphatic rings. The molecule has 0 aliphatic heterocycles. The molecule has 0 saturated carbocycles. The van der Waals surface area contributed by atoms with Crippen molar-refractivity contribution in [3.8, 4) is 6.07 Å². The van der Waals surface area contributed by atoms with Gasteiger partial charge in [0.25, 0.3) is 5.91 Å². The van der Waals surface area contributed by atoms with E-state index in [1.807, 2.05) is 0 Å². The highest BCUT2D eigenvalue weighted by atomic mass is 35.5. The van der Waals surface area contributed by atoms with Crippen LogP contribution in [-0.4, -0.2) is 5.91 Å². The van der Waals surface area contributed by atoms with Gasteiger partial charge >= 0.3 is 0 Å². The van der Waals surface area contributed by atoms with Gasteiger partial charge in [0.15, 0.2) is 0 Å². The molecule has 1 N–H and O–H groups in total. The Balaban J connectivity index is 1.90. The molecular weight excluding hydrogens is 387 g/mol. The number of hydrogen-bond donors (Lipinski definition) is 1. The Morgan fingerprint density at radius 3 is 2.73 bits per heavy atom. The maximum absolute atomic E-state index is 12.6. The minimum absolute atomic E-state index is 0.228. The van der Waals surface area contributed by atoms with Crippen LogP contribution in [0.1, 0.15) is 53.6 Å². The van der Waals surface area contributed by atoms with E-state index in [0.717, 1.165) is 24.8 Å². The van der Waals surface area contributed by atoms with Crippen LogP contribution in [0, 0.1) is 22.7 Å². The second kappa shape index (κ2) is 7.23. The van der Waals surface area contributed by atoms with Crippen LogP contribution in [0.3, 0.4) is 0 Å². The Hall–Kier alpha value is -1.54. The Bertz CT molecular complexity index is 906. The number of nitrogens with zero attached hydrogens (tertiary/aromatic N) is 1. The minimum atomic E-state index is -0.347. The number of benzene rings is 1. The summed E-state index contributed by atoms with van der Waals surface area (Å²) in [5.74, 6) is 0.228. The molecule has 1 atom stereocenters. The molecule has 3 rings (SSSR count). The van der Waals surface area contributed by atoms with E-state index >= 15 is 0 Å². The van der Waals surface area contributed by atoms with Gasteiger partial charge in [0.05, 0.1) is 16.1 Å². The molecule has 1 aromatic heterocycles. The van der Waals surface area contributed by atoms with E-state index in [1.54, 1.807) is 12.1 Å². The molecule has 1 heterocycles. The number of fused-ring (bicyclic) bond motifs is 1. The fraction of sp³-hybridized carbons (Fsp3) is 0.400. The number of rotatable bonds is 2. The lowest BCUT2D eigenvalue weighted by Gasteiger charge is -2.33. The van der Waals surface area contributed by atoms with Gasteiger partial charge in [0.2, 0.25) is 0 Å². The van der Waals surface area contributed by atoms with E-state index < -0.39 is 0 Å². The van der Waals surface area contributed by atoms with Gasteiger partial charge in [0.1, 0.15) is 11.1 Å². The summed E-state index contributed by atoms with van der Waals surface area (Å²) in [4.78, 5) is 13.8. The third-order valence-corrected chi connectivity index (χ3v) is 6.74. The molecule has 2 aromatic rings. The third kappa shape index (κ3) is 3.76. The lowest BCUT2D eigenvalue weighted by molar-refractivity contribution is 0.102. The van der Waals surface area contributed by atoms with Crippen molar-refractivity contribution in [2.45, 2.75) is 40.0 Å². The molecule has 0 radical (unpaired) electrons. The number of hydrogen-bond acceptors (Lipinski definition) is 3. The molecule has 3 nitrogen and oxygen atoms in total. The first-order valence-electron chi connectivity index (χ1n) is 8.51. The van der Waals surface area contributed by atoms with Gasteiger partial charge in [-0.2, -0.15) is 5.26 Å². The average Bonchev–Trinajstić information content (AvgIpc) is 2.92. The number of anilines is 1. The summed E-state index contributed by atoms with van der Waals surface area (Å²) in [6.45, 7) is 6.77. The lowest BCUT2D eigenvalue weighted by Crippen LogP contribution is -2.26. The molecule has 1 aliphatic carbocycles. The summed E-state index contributed by atoms with van der Waals surface area (Å²) >= 11 is 13.6. The Labute approximate surface area is 167 Å². The molecule has 26 heavy (non-hydrogen) atoms. The number of thiophene rings is 1. The number of carbonyl (C=O) groups excluding carboxylic acids is 1. The highest BCUT2D eigenvalue weighted by Crippen LogP contribution is 2.44. The minimum Gasteiger partial charge on any atom is -0.312 e. The normalized spacial score (nSPS) is 16.7. The van der Waals surface area contributed by atoms with Gasteiger partial charge in [-0.15, -0.1) is 11.3 Å². The monoisotopic (exact) mass is 406 g/mol. The zero-order valence-electron chi connectivity index (χ0n) is 15.0. The number of nitriles is 1. The summed E-state index contributed by atoms with van der Waals surface area (Å²) < 4.78 is 0. The first kappa shape index (κ1) is 19.2.